The third-order valence-corrected chi connectivity index (χ3v) is 3.26. The summed E-state index contributed by atoms with van der Waals surface area (Å²) in [7, 11) is 1.66. The second-order valence-electron chi connectivity index (χ2n) is 4.83. The highest BCUT2D eigenvalue weighted by atomic mass is 16.4. The summed E-state index contributed by atoms with van der Waals surface area (Å²) in [5.41, 5.74) is 2.52. The first kappa shape index (κ1) is 14.7. The molecule has 5 heteroatoms. The number of carboxylic acids is 1. The molecule has 0 saturated carbocycles. The topological polar surface area (TPSA) is 70.5 Å². The highest BCUT2D eigenvalue weighted by molar-refractivity contribution is 6.04. The van der Waals surface area contributed by atoms with Crippen LogP contribution in [0, 0.1) is 13.8 Å². The maximum absolute atomic E-state index is 12.4. The average molecular weight is 284 g/mol. The van der Waals surface area contributed by atoms with E-state index in [9.17, 15) is 9.59 Å². The molecule has 5 nitrogen and oxygen atoms in total. The van der Waals surface area contributed by atoms with Gasteiger partial charge < -0.3 is 10.0 Å². The van der Waals surface area contributed by atoms with E-state index in [1.807, 2.05) is 31.2 Å². The summed E-state index contributed by atoms with van der Waals surface area (Å²) in [6, 6.07) is 10.4. The Morgan fingerprint density at radius 3 is 2.19 bits per heavy atom. The maximum atomic E-state index is 12.4. The van der Waals surface area contributed by atoms with Gasteiger partial charge in [0.25, 0.3) is 5.91 Å². The smallest absolute Gasteiger partial charge is 0.337 e. The van der Waals surface area contributed by atoms with E-state index >= 15 is 0 Å². The van der Waals surface area contributed by atoms with E-state index in [1.54, 1.807) is 14.0 Å². The molecule has 108 valence electrons. The van der Waals surface area contributed by atoms with Gasteiger partial charge in [-0.15, -0.1) is 0 Å². The minimum Gasteiger partial charge on any atom is -0.478 e. The Bertz CT molecular complexity index is 693. The molecule has 1 heterocycles. The zero-order chi connectivity index (χ0) is 15.6. The number of aromatic nitrogens is 1. The molecule has 0 atom stereocenters. The van der Waals surface area contributed by atoms with Crippen molar-refractivity contribution in [3.63, 3.8) is 0 Å². The first-order valence-electron chi connectivity index (χ1n) is 6.46. The van der Waals surface area contributed by atoms with Gasteiger partial charge in [-0.25, -0.2) is 9.78 Å². The van der Waals surface area contributed by atoms with Crippen LogP contribution in [-0.2, 0) is 0 Å². The number of anilines is 1. The van der Waals surface area contributed by atoms with Crippen LogP contribution in [0.5, 0.6) is 0 Å². The number of amides is 1. The van der Waals surface area contributed by atoms with Gasteiger partial charge in [-0.05, 0) is 38.1 Å². The summed E-state index contributed by atoms with van der Waals surface area (Å²) < 4.78 is 0. The Morgan fingerprint density at radius 2 is 1.67 bits per heavy atom. The van der Waals surface area contributed by atoms with Gasteiger partial charge in [-0.1, -0.05) is 17.7 Å². The Balaban J connectivity index is 2.29. The third kappa shape index (κ3) is 3.08. The third-order valence-electron chi connectivity index (χ3n) is 3.26. The number of aryl methyl sites for hydroxylation is 2. The average Bonchev–Trinajstić information content (AvgIpc) is 2.46. The van der Waals surface area contributed by atoms with Crippen molar-refractivity contribution in [1.82, 2.24) is 4.98 Å². The van der Waals surface area contributed by atoms with E-state index in [0.717, 1.165) is 11.3 Å². The molecule has 2 rings (SSSR count). The molecule has 21 heavy (non-hydrogen) atoms. The second kappa shape index (κ2) is 5.75. The molecule has 1 aromatic heterocycles. The zero-order valence-corrected chi connectivity index (χ0v) is 12.1. The Hall–Kier alpha value is -2.69. The lowest BCUT2D eigenvalue weighted by atomic mass is 10.1. The number of benzene rings is 1. The van der Waals surface area contributed by atoms with Crippen molar-refractivity contribution in [3.05, 3.63) is 58.9 Å². The van der Waals surface area contributed by atoms with E-state index < -0.39 is 5.97 Å². The fraction of sp³-hybridized carbons (Fsp3) is 0.188. The molecular formula is C16H16N2O3. The molecule has 0 aliphatic carbocycles. The normalized spacial score (nSPS) is 10.2. The van der Waals surface area contributed by atoms with Gasteiger partial charge in [0.15, 0.2) is 0 Å². The molecule has 0 aliphatic heterocycles. The molecule has 1 amide bonds. The van der Waals surface area contributed by atoms with Crippen LogP contribution in [0.15, 0.2) is 36.4 Å². The van der Waals surface area contributed by atoms with Crippen LogP contribution >= 0.6 is 0 Å². The number of carbonyl (C=O) groups is 2. The number of carbonyl (C=O) groups excluding carboxylic acids is 1. The van der Waals surface area contributed by atoms with E-state index in [0.29, 0.717) is 5.69 Å². The number of hydrogen-bond donors (Lipinski definition) is 1. The van der Waals surface area contributed by atoms with Crippen LogP contribution in [0.4, 0.5) is 5.69 Å². The molecule has 0 saturated heterocycles. The molecule has 0 unspecified atom stereocenters. The molecule has 0 aliphatic rings. The van der Waals surface area contributed by atoms with Crippen LogP contribution in [-0.4, -0.2) is 29.0 Å². The van der Waals surface area contributed by atoms with Crippen LogP contribution < -0.4 is 4.90 Å². The Labute approximate surface area is 122 Å². The van der Waals surface area contributed by atoms with Gasteiger partial charge in [-0.3, -0.25) is 4.79 Å². The van der Waals surface area contributed by atoms with E-state index in [2.05, 4.69) is 4.98 Å². The first-order chi connectivity index (χ1) is 9.90. The van der Waals surface area contributed by atoms with Gasteiger partial charge in [-0.2, -0.15) is 0 Å². The molecular weight excluding hydrogens is 268 g/mol. The summed E-state index contributed by atoms with van der Waals surface area (Å²) in [5.74, 6) is -1.33. The van der Waals surface area contributed by atoms with Gasteiger partial charge in [0.05, 0.1) is 11.3 Å². The van der Waals surface area contributed by atoms with Crippen LogP contribution in [0.25, 0.3) is 0 Å². The predicted octanol–water partition coefficient (Wildman–Crippen LogP) is 2.67. The van der Waals surface area contributed by atoms with Gasteiger partial charge >= 0.3 is 5.97 Å². The molecule has 0 bridgehead atoms. The molecule has 1 N–H and O–H groups in total. The highest BCUT2D eigenvalue weighted by Gasteiger charge is 2.17. The molecule has 2 aromatic rings. The minimum atomic E-state index is -1.05. The zero-order valence-electron chi connectivity index (χ0n) is 12.1. The summed E-state index contributed by atoms with van der Waals surface area (Å²) in [6.45, 7) is 3.55. The lowest BCUT2D eigenvalue weighted by Crippen LogP contribution is -2.27. The van der Waals surface area contributed by atoms with Crippen molar-refractivity contribution in [2.75, 3.05) is 11.9 Å². The fourth-order valence-corrected chi connectivity index (χ4v) is 1.96. The molecule has 0 fully saturated rings. The quantitative estimate of drug-likeness (QED) is 0.940. The number of pyridine rings is 1. The lowest BCUT2D eigenvalue weighted by Gasteiger charge is -2.17. The first-order valence-corrected chi connectivity index (χ1v) is 6.46. The van der Waals surface area contributed by atoms with Gasteiger partial charge in [0.1, 0.15) is 5.69 Å². The van der Waals surface area contributed by atoms with E-state index in [-0.39, 0.29) is 17.2 Å². The van der Waals surface area contributed by atoms with Crippen LogP contribution in [0.3, 0.4) is 0 Å². The van der Waals surface area contributed by atoms with E-state index in [1.165, 1.54) is 17.0 Å². The van der Waals surface area contributed by atoms with Crippen molar-refractivity contribution in [2.45, 2.75) is 13.8 Å². The lowest BCUT2D eigenvalue weighted by molar-refractivity contribution is 0.0695. The predicted molar refractivity (Wildman–Crippen MR) is 79.8 cm³/mol. The highest BCUT2D eigenvalue weighted by Crippen LogP contribution is 2.16. The fourth-order valence-electron chi connectivity index (χ4n) is 1.96. The second-order valence-corrected chi connectivity index (χ2v) is 4.83. The largest absolute Gasteiger partial charge is 0.478 e. The SMILES string of the molecule is Cc1ccc(N(C)C(=O)c2ccc(C(=O)O)c(C)n2)cc1. The summed E-state index contributed by atoms with van der Waals surface area (Å²) in [6.07, 6.45) is 0. The van der Waals surface area contributed by atoms with Crippen molar-refractivity contribution < 1.29 is 14.7 Å². The van der Waals surface area contributed by atoms with Crippen LogP contribution in [0.1, 0.15) is 32.1 Å². The number of aromatic carboxylic acids is 1. The van der Waals surface area contributed by atoms with E-state index in [4.69, 9.17) is 5.11 Å². The van der Waals surface area contributed by atoms with Crippen molar-refractivity contribution >= 4 is 17.6 Å². The Kier molecular flexibility index (Phi) is 4.03. The molecule has 0 radical (unpaired) electrons. The maximum Gasteiger partial charge on any atom is 0.337 e. The molecule has 1 aromatic carbocycles. The van der Waals surface area contributed by atoms with Gasteiger partial charge in [0, 0.05) is 12.7 Å². The number of hydrogen-bond acceptors (Lipinski definition) is 3. The van der Waals surface area contributed by atoms with Gasteiger partial charge in [0.2, 0.25) is 0 Å². The summed E-state index contributed by atoms with van der Waals surface area (Å²) >= 11 is 0. The summed E-state index contributed by atoms with van der Waals surface area (Å²) in [4.78, 5) is 28.9. The monoisotopic (exact) mass is 284 g/mol. The number of rotatable bonds is 3. The molecule has 0 spiro atoms. The minimum absolute atomic E-state index is 0.101. The summed E-state index contributed by atoms with van der Waals surface area (Å²) in [5, 5.41) is 8.97. The number of carboxylic acid groups (broad SMARTS) is 1. The van der Waals surface area contributed by atoms with Crippen molar-refractivity contribution in [3.8, 4) is 0 Å². The van der Waals surface area contributed by atoms with Crippen molar-refractivity contribution in [2.24, 2.45) is 0 Å². The number of nitrogens with zero attached hydrogens (tertiary/aromatic N) is 2. The van der Waals surface area contributed by atoms with Crippen LogP contribution in [0.2, 0.25) is 0 Å². The van der Waals surface area contributed by atoms with Crippen molar-refractivity contribution in [1.29, 1.82) is 0 Å². The standard InChI is InChI=1S/C16H16N2O3/c1-10-4-6-12(7-5-10)18(3)15(19)14-9-8-13(16(20)21)11(2)17-14/h4-9H,1-3H3,(H,20,21). The Morgan fingerprint density at radius 1 is 1.05 bits per heavy atom.